The number of hydrogen-bond donors (Lipinski definition) is 3. The quantitative estimate of drug-likeness (QED) is 0.525. The summed E-state index contributed by atoms with van der Waals surface area (Å²) in [5.74, 6) is -0.933. The Hall–Kier alpha value is -4.08. The summed E-state index contributed by atoms with van der Waals surface area (Å²) < 4.78 is 5.74. The van der Waals surface area contributed by atoms with Crippen molar-refractivity contribution in [1.82, 2.24) is 21.1 Å². The molecular formula is C24H27N5O5. The average molecular weight is 466 g/mol. The van der Waals surface area contributed by atoms with E-state index in [1.165, 1.54) is 7.05 Å². The highest BCUT2D eigenvalue weighted by Gasteiger charge is 2.48. The minimum atomic E-state index is -1.13. The Morgan fingerprint density at radius 3 is 2.56 bits per heavy atom. The van der Waals surface area contributed by atoms with Gasteiger partial charge in [-0.2, -0.15) is 5.01 Å². The molecule has 2 aromatic carbocycles. The molecule has 4 rings (SSSR count). The summed E-state index contributed by atoms with van der Waals surface area (Å²) in [7, 11) is 1.51. The van der Waals surface area contributed by atoms with Gasteiger partial charge in [0.05, 0.1) is 18.8 Å². The molecule has 178 valence electrons. The molecule has 10 heteroatoms. The Kier molecular flexibility index (Phi) is 6.40. The Morgan fingerprint density at radius 1 is 1.12 bits per heavy atom. The third-order valence-corrected chi connectivity index (χ3v) is 5.99. The Bertz CT molecular complexity index is 1110. The summed E-state index contributed by atoms with van der Waals surface area (Å²) in [5, 5.41) is 5.97. The van der Waals surface area contributed by atoms with E-state index in [2.05, 4.69) is 16.1 Å². The number of nitrogens with one attached hydrogen (secondary N) is 3. The molecule has 0 spiro atoms. The number of ether oxygens (including phenoxy) is 1. The van der Waals surface area contributed by atoms with Crippen molar-refractivity contribution in [1.29, 1.82) is 0 Å². The number of aryl methyl sites for hydroxylation is 1. The number of hydrazine groups is 1. The third-order valence-electron chi connectivity index (χ3n) is 5.99. The molecule has 0 radical (unpaired) electrons. The zero-order valence-corrected chi connectivity index (χ0v) is 19.0. The molecule has 1 fully saturated rings. The largest absolute Gasteiger partial charge is 0.477 e. The SMILES string of the molecule is CNC(=O)C1CN(CC(=O)NN2C(=O)NC(C)(CCc3ccccc3)C2=O)c2ccccc2O1. The van der Waals surface area contributed by atoms with Gasteiger partial charge in [0.1, 0.15) is 11.3 Å². The number of nitrogens with zero attached hydrogens (tertiary/aromatic N) is 2. The molecule has 3 N–H and O–H groups in total. The van der Waals surface area contributed by atoms with Gasteiger partial charge >= 0.3 is 6.03 Å². The van der Waals surface area contributed by atoms with Crippen molar-refractivity contribution >= 4 is 29.4 Å². The smallest absolute Gasteiger partial charge is 0.344 e. The molecule has 2 unspecified atom stereocenters. The fraction of sp³-hybridized carbons (Fsp3) is 0.333. The monoisotopic (exact) mass is 465 g/mol. The van der Waals surface area contributed by atoms with Gasteiger partial charge < -0.3 is 20.3 Å². The number of para-hydroxylation sites is 2. The number of amides is 5. The van der Waals surface area contributed by atoms with E-state index >= 15 is 0 Å². The fourth-order valence-corrected chi connectivity index (χ4v) is 4.08. The van der Waals surface area contributed by atoms with Gasteiger partial charge in [0.25, 0.3) is 17.7 Å². The summed E-state index contributed by atoms with van der Waals surface area (Å²) in [4.78, 5) is 52.2. The Labute approximate surface area is 197 Å². The predicted octanol–water partition coefficient (Wildman–Crippen LogP) is 0.975. The molecule has 5 amide bonds. The maximum absolute atomic E-state index is 13.0. The molecule has 2 aromatic rings. The first kappa shape index (κ1) is 23.1. The van der Waals surface area contributed by atoms with E-state index in [0.717, 1.165) is 10.6 Å². The maximum atomic E-state index is 13.0. The molecule has 10 nitrogen and oxygen atoms in total. The van der Waals surface area contributed by atoms with E-state index in [1.54, 1.807) is 36.1 Å². The first-order valence-electron chi connectivity index (χ1n) is 11.0. The molecule has 2 heterocycles. The van der Waals surface area contributed by atoms with Gasteiger partial charge in [-0.05, 0) is 37.5 Å². The number of anilines is 1. The zero-order valence-electron chi connectivity index (χ0n) is 19.0. The molecule has 0 aromatic heterocycles. The van der Waals surface area contributed by atoms with Crippen LogP contribution in [0.15, 0.2) is 54.6 Å². The third kappa shape index (κ3) is 4.66. The van der Waals surface area contributed by atoms with Gasteiger partial charge in [0.2, 0.25) is 0 Å². The zero-order chi connectivity index (χ0) is 24.3. The highest BCUT2D eigenvalue weighted by molar-refractivity contribution is 6.07. The molecule has 0 aliphatic carbocycles. The molecule has 2 aliphatic heterocycles. The van der Waals surface area contributed by atoms with Gasteiger partial charge in [-0.1, -0.05) is 42.5 Å². The number of urea groups is 1. The molecule has 2 aliphatic rings. The van der Waals surface area contributed by atoms with E-state index in [4.69, 9.17) is 4.74 Å². The summed E-state index contributed by atoms with van der Waals surface area (Å²) in [5.41, 5.74) is 2.98. The lowest BCUT2D eigenvalue weighted by Gasteiger charge is -2.35. The van der Waals surface area contributed by atoms with Crippen molar-refractivity contribution in [3.05, 3.63) is 60.2 Å². The number of likely N-dealkylation sites (N-methyl/N-ethyl adjacent to an activating group) is 1. The lowest BCUT2D eigenvalue weighted by atomic mass is 9.93. The number of fused-ring (bicyclic) bond motifs is 1. The van der Waals surface area contributed by atoms with Crippen LogP contribution >= 0.6 is 0 Å². The van der Waals surface area contributed by atoms with Crippen molar-refractivity contribution in [2.75, 3.05) is 25.0 Å². The summed E-state index contributed by atoms with van der Waals surface area (Å²) in [6, 6.07) is 16.0. The van der Waals surface area contributed by atoms with E-state index < -0.39 is 29.5 Å². The highest BCUT2D eigenvalue weighted by atomic mass is 16.5. The number of carbonyl (C=O) groups excluding carboxylic acids is 4. The van der Waals surface area contributed by atoms with Crippen LogP contribution < -0.4 is 25.7 Å². The van der Waals surface area contributed by atoms with Crippen molar-refractivity contribution in [3.8, 4) is 5.75 Å². The van der Waals surface area contributed by atoms with Gasteiger partial charge in [-0.15, -0.1) is 0 Å². The predicted molar refractivity (Wildman–Crippen MR) is 124 cm³/mol. The fourth-order valence-electron chi connectivity index (χ4n) is 4.08. The second-order valence-electron chi connectivity index (χ2n) is 8.49. The van der Waals surface area contributed by atoms with Crippen LogP contribution in [0, 0.1) is 0 Å². The summed E-state index contributed by atoms with van der Waals surface area (Å²) >= 11 is 0. The average Bonchev–Trinajstić information content (AvgIpc) is 3.06. The van der Waals surface area contributed by atoms with E-state index in [1.807, 2.05) is 30.3 Å². The van der Waals surface area contributed by atoms with Gasteiger partial charge in [-0.25, -0.2) is 4.79 Å². The van der Waals surface area contributed by atoms with E-state index in [9.17, 15) is 19.2 Å². The van der Waals surface area contributed by atoms with Crippen molar-refractivity contribution in [2.45, 2.75) is 31.4 Å². The molecule has 34 heavy (non-hydrogen) atoms. The lowest BCUT2D eigenvalue weighted by Crippen LogP contribution is -2.54. The summed E-state index contributed by atoms with van der Waals surface area (Å²) in [6.07, 6.45) is 0.181. The number of imide groups is 1. The van der Waals surface area contributed by atoms with Crippen LogP contribution in [0.2, 0.25) is 0 Å². The standard InChI is InChI=1S/C24H27N5O5/c1-24(13-12-16-8-4-3-5-9-16)22(32)29(23(33)26-24)27-20(30)15-28-14-19(21(31)25-2)34-18-11-7-6-10-17(18)28/h3-11,19H,12-15H2,1-2H3,(H,25,31)(H,26,33)(H,27,30). The van der Waals surface area contributed by atoms with E-state index in [-0.39, 0.29) is 19.0 Å². The van der Waals surface area contributed by atoms with Crippen LogP contribution in [0.4, 0.5) is 10.5 Å². The second-order valence-corrected chi connectivity index (χ2v) is 8.49. The molecule has 0 bridgehead atoms. The van der Waals surface area contributed by atoms with Crippen LogP contribution in [0.1, 0.15) is 18.9 Å². The molecule has 1 saturated heterocycles. The van der Waals surface area contributed by atoms with Crippen LogP contribution in [0.25, 0.3) is 0 Å². The maximum Gasteiger partial charge on any atom is 0.344 e. The first-order valence-corrected chi connectivity index (χ1v) is 11.0. The van der Waals surface area contributed by atoms with Gasteiger partial charge in [-0.3, -0.25) is 19.8 Å². The van der Waals surface area contributed by atoms with Crippen LogP contribution in [-0.4, -0.2) is 60.5 Å². The Balaban J connectivity index is 1.42. The van der Waals surface area contributed by atoms with Crippen LogP contribution in [0.3, 0.4) is 0 Å². The topological polar surface area (TPSA) is 120 Å². The van der Waals surface area contributed by atoms with Gasteiger partial charge in [0.15, 0.2) is 6.10 Å². The van der Waals surface area contributed by atoms with Crippen molar-refractivity contribution in [2.24, 2.45) is 0 Å². The number of benzene rings is 2. The van der Waals surface area contributed by atoms with Crippen molar-refractivity contribution in [3.63, 3.8) is 0 Å². The first-order chi connectivity index (χ1) is 16.3. The summed E-state index contributed by atoms with van der Waals surface area (Å²) in [6.45, 7) is 1.61. The highest BCUT2D eigenvalue weighted by Crippen LogP contribution is 2.33. The molecule has 2 atom stereocenters. The Morgan fingerprint density at radius 2 is 1.82 bits per heavy atom. The number of carbonyl (C=O) groups is 4. The van der Waals surface area contributed by atoms with Gasteiger partial charge in [0, 0.05) is 7.05 Å². The van der Waals surface area contributed by atoms with Crippen LogP contribution in [-0.2, 0) is 20.8 Å². The minimum Gasteiger partial charge on any atom is -0.477 e. The normalized spacial score (nSPS) is 21.4. The second kappa shape index (κ2) is 9.42. The minimum absolute atomic E-state index is 0.138. The van der Waals surface area contributed by atoms with E-state index in [0.29, 0.717) is 24.3 Å². The lowest BCUT2D eigenvalue weighted by molar-refractivity contribution is -0.138. The van der Waals surface area contributed by atoms with Crippen LogP contribution in [0.5, 0.6) is 5.75 Å². The molecule has 0 saturated carbocycles. The molecular weight excluding hydrogens is 438 g/mol. The number of hydrogen-bond acceptors (Lipinski definition) is 6. The number of rotatable bonds is 7. The van der Waals surface area contributed by atoms with Crippen molar-refractivity contribution < 1.29 is 23.9 Å².